The van der Waals surface area contributed by atoms with E-state index >= 15 is 0 Å². The van der Waals surface area contributed by atoms with Gasteiger partial charge in [-0.25, -0.2) is 0 Å². The molecule has 0 aliphatic heterocycles. The smallest absolute Gasteiger partial charge is 0.165 e. The first-order valence-electron chi connectivity index (χ1n) is 6.69. The Kier molecular flexibility index (Phi) is 5.26. The summed E-state index contributed by atoms with van der Waals surface area (Å²) in [5.41, 5.74) is 1.30. The van der Waals surface area contributed by atoms with Crippen molar-refractivity contribution >= 4 is 11.6 Å². The first kappa shape index (κ1) is 14.6. The third-order valence-corrected chi connectivity index (χ3v) is 3.55. The van der Waals surface area contributed by atoms with Gasteiger partial charge in [-0.1, -0.05) is 45.9 Å². The number of Topliss-reactive ketones (excluding diaryl/α,β-unsaturated/α-hetero) is 2. The molecule has 0 N–H and O–H groups in total. The Balaban J connectivity index is 2.99. The fraction of sp³-hybridized carbons (Fsp3) is 0.500. The van der Waals surface area contributed by atoms with Crippen LogP contribution >= 0.6 is 0 Å². The molecule has 0 saturated heterocycles. The molecule has 1 rings (SSSR count). The average molecular weight is 246 g/mol. The Hall–Kier alpha value is -1.44. The predicted octanol–water partition coefficient (Wildman–Crippen LogP) is 4.14. The summed E-state index contributed by atoms with van der Waals surface area (Å²) in [6.45, 7) is 7.84. The highest BCUT2D eigenvalue weighted by Crippen LogP contribution is 2.17. The van der Waals surface area contributed by atoms with E-state index in [1.165, 1.54) is 0 Å². The van der Waals surface area contributed by atoms with Gasteiger partial charge in [0.25, 0.3) is 0 Å². The van der Waals surface area contributed by atoms with Crippen molar-refractivity contribution in [2.45, 2.75) is 40.5 Å². The minimum absolute atomic E-state index is 0.0129. The predicted molar refractivity (Wildman–Crippen MR) is 74.0 cm³/mol. The molecular formula is C16H22O2. The highest BCUT2D eigenvalue weighted by molar-refractivity contribution is 6.02. The second-order valence-corrected chi connectivity index (χ2v) is 4.93. The summed E-state index contributed by atoms with van der Waals surface area (Å²) in [5, 5.41) is 0. The van der Waals surface area contributed by atoms with Crippen molar-refractivity contribution in [3.63, 3.8) is 0 Å². The van der Waals surface area contributed by atoms with Crippen LogP contribution in [0, 0.1) is 11.8 Å². The van der Waals surface area contributed by atoms with E-state index in [2.05, 4.69) is 0 Å². The third-order valence-electron chi connectivity index (χ3n) is 3.55. The Morgan fingerprint density at radius 3 is 1.67 bits per heavy atom. The zero-order valence-electron chi connectivity index (χ0n) is 11.7. The van der Waals surface area contributed by atoms with Crippen LogP contribution in [0.2, 0.25) is 0 Å². The maximum atomic E-state index is 12.1. The van der Waals surface area contributed by atoms with Gasteiger partial charge in [-0.15, -0.1) is 0 Å². The molecule has 0 amide bonds. The van der Waals surface area contributed by atoms with Gasteiger partial charge in [-0.3, -0.25) is 9.59 Å². The van der Waals surface area contributed by atoms with Gasteiger partial charge in [0.1, 0.15) is 0 Å². The van der Waals surface area contributed by atoms with Gasteiger partial charge < -0.3 is 0 Å². The zero-order valence-corrected chi connectivity index (χ0v) is 11.7. The Morgan fingerprint density at radius 2 is 1.33 bits per heavy atom. The molecule has 98 valence electrons. The molecule has 18 heavy (non-hydrogen) atoms. The van der Waals surface area contributed by atoms with Crippen LogP contribution in [0.15, 0.2) is 24.3 Å². The second kappa shape index (κ2) is 6.48. The van der Waals surface area contributed by atoms with E-state index in [0.717, 1.165) is 12.8 Å². The van der Waals surface area contributed by atoms with Crippen LogP contribution in [0.3, 0.4) is 0 Å². The van der Waals surface area contributed by atoms with Crippen molar-refractivity contribution in [2.75, 3.05) is 0 Å². The summed E-state index contributed by atoms with van der Waals surface area (Å²) in [7, 11) is 0. The van der Waals surface area contributed by atoms with Gasteiger partial charge in [0.15, 0.2) is 11.6 Å². The van der Waals surface area contributed by atoms with E-state index in [4.69, 9.17) is 0 Å². The van der Waals surface area contributed by atoms with Crippen LogP contribution in [0.25, 0.3) is 0 Å². The molecule has 0 spiro atoms. The quantitative estimate of drug-likeness (QED) is 0.707. The Labute approximate surface area is 109 Å². The molecule has 0 saturated carbocycles. The van der Waals surface area contributed by atoms with E-state index in [-0.39, 0.29) is 23.4 Å². The number of benzene rings is 1. The lowest BCUT2D eigenvalue weighted by Gasteiger charge is -2.10. The van der Waals surface area contributed by atoms with E-state index < -0.39 is 0 Å². The molecule has 0 radical (unpaired) electrons. The van der Waals surface area contributed by atoms with Crippen molar-refractivity contribution in [2.24, 2.45) is 11.8 Å². The molecule has 2 heteroatoms. The highest BCUT2D eigenvalue weighted by Gasteiger charge is 2.17. The van der Waals surface area contributed by atoms with Crippen LogP contribution in [-0.2, 0) is 0 Å². The van der Waals surface area contributed by atoms with Crippen molar-refractivity contribution < 1.29 is 9.59 Å². The molecule has 2 nitrogen and oxygen atoms in total. The molecule has 0 fully saturated rings. The SMILES string of the molecule is CCC(C)C(=O)c1cccc(C(=O)C(C)CC)c1. The van der Waals surface area contributed by atoms with Crippen LogP contribution in [-0.4, -0.2) is 11.6 Å². The fourth-order valence-electron chi connectivity index (χ4n) is 1.77. The fourth-order valence-corrected chi connectivity index (χ4v) is 1.77. The van der Waals surface area contributed by atoms with Gasteiger partial charge in [0.05, 0.1) is 0 Å². The zero-order chi connectivity index (χ0) is 13.7. The summed E-state index contributed by atoms with van der Waals surface area (Å²) in [5.74, 6) is 0.269. The van der Waals surface area contributed by atoms with E-state index in [1.54, 1.807) is 24.3 Å². The minimum atomic E-state index is 0.0129. The van der Waals surface area contributed by atoms with Crippen molar-refractivity contribution in [3.8, 4) is 0 Å². The molecule has 0 bridgehead atoms. The van der Waals surface area contributed by atoms with Gasteiger partial charge in [0.2, 0.25) is 0 Å². The Morgan fingerprint density at radius 1 is 0.944 bits per heavy atom. The van der Waals surface area contributed by atoms with Crippen molar-refractivity contribution in [1.82, 2.24) is 0 Å². The largest absolute Gasteiger partial charge is 0.294 e. The standard InChI is InChI=1S/C16H22O2/c1-5-11(3)15(17)13-8-7-9-14(10-13)16(18)12(4)6-2/h7-12H,5-6H2,1-4H3. The molecule has 0 aliphatic rings. The lowest BCUT2D eigenvalue weighted by atomic mass is 9.92. The van der Waals surface area contributed by atoms with Crippen molar-refractivity contribution in [3.05, 3.63) is 35.4 Å². The lowest BCUT2D eigenvalue weighted by Crippen LogP contribution is -2.13. The molecule has 2 atom stereocenters. The normalized spacial score (nSPS) is 14.0. The summed E-state index contributed by atoms with van der Waals surface area (Å²) in [4.78, 5) is 24.2. The van der Waals surface area contributed by atoms with Gasteiger partial charge >= 0.3 is 0 Å². The maximum absolute atomic E-state index is 12.1. The van der Waals surface area contributed by atoms with Crippen molar-refractivity contribution in [1.29, 1.82) is 0 Å². The van der Waals surface area contributed by atoms with Gasteiger partial charge in [0, 0.05) is 23.0 Å². The van der Waals surface area contributed by atoms with Crippen LogP contribution in [0.5, 0.6) is 0 Å². The molecule has 1 aromatic rings. The number of hydrogen-bond donors (Lipinski definition) is 0. The molecule has 2 unspecified atom stereocenters. The minimum Gasteiger partial charge on any atom is -0.294 e. The first-order valence-corrected chi connectivity index (χ1v) is 6.69. The van der Waals surface area contributed by atoms with Crippen LogP contribution in [0.1, 0.15) is 61.3 Å². The number of ketones is 2. The number of carbonyl (C=O) groups is 2. The second-order valence-electron chi connectivity index (χ2n) is 4.93. The van der Waals surface area contributed by atoms with E-state index in [0.29, 0.717) is 11.1 Å². The summed E-state index contributed by atoms with van der Waals surface area (Å²) < 4.78 is 0. The number of hydrogen-bond acceptors (Lipinski definition) is 2. The summed E-state index contributed by atoms with van der Waals surface area (Å²) >= 11 is 0. The summed E-state index contributed by atoms with van der Waals surface area (Å²) in [6, 6.07) is 7.12. The molecule has 0 heterocycles. The maximum Gasteiger partial charge on any atom is 0.165 e. The summed E-state index contributed by atoms with van der Waals surface area (Å²) in [6.07, 6.45) is 1.64. The number of rotatable bonds is 6. The van der Waals surface area contributed by atoms with E-state index in [1.807, 2.05) is 27.7 Å². The lowest BCUT2D eigenvalue weighted by molar-refractivity contribution is 0.0927. The van der Waals surface area contributed by atoms with Crippen LogP contribution < -0.4 is 0 Å². The molecular weight excluding hydrogens is 224 g/mol. The third kappa shape index (κ3) is 3.28. The topological polar surface area (TPSA) is 34.1 Å². The molecule has 0 aromatic heterocycles. The average Bonchev–Trinajstić information content (AvgIpc) is 2.43. The Bertz CT molecular complexity index is 397. The van der Waals surface area contributed by atoms with E-state index in [9.17, 15) is 9.59 Å². The highest BCUT2D eigenvalue weighted by atomic mass is 16.1. The molecule has 0 aliphatic carbocycles. The van der Waals surface area contributed by atoms with Crippen LogP contribution in [0.4, 0.5) is 0 Å². The number of carbonyl (C=O) groups excluding carboxylic acids is 2. The van der Waals surface area contributed by atoms with Gasteiger partial charge in [-0.05, 0) is 18.9 Å². The molecule has 1 aromatic carbocycles. The first-order chi connectivity index (χ1) is 8.51. The van der Waals surface area contributed by atoms with Gasteiger partial charge in [-0.2, -0.15) is 0 Å². The monoisotopic (exact) mass is 246 g/mol.